The first-order valence-electron chi connectivity index (χ1n) is 11.1. The number of nitrogens with one attached hydrogen (secondary N) is 1. The number of para-hydroxylation sites is 2. The number of carbonyl (C=O) groups is 1. The average Bonchev–Trinajstić information content (AvgIpc) is 3.07. The van der Waals surface area contributed by atoms with Gasteiger partial charge in [-0.25, -0.2) is 4.98 Å². The molecule has 0 bridgehead atoms. The highest BCUT2D eigenvalue weighted by atomic mass is 16.2. The Balaban J connectivity index is 1.60. The second-order valence-corrected chi connectivity index (χ2v) is 8.96. The maximum atomic E-state index is 12.6. The number of aromatic nitrogens is 2. The number of benzene rings is 1. The highest BCUT2D eigenvalue weighted by Gasteiger charge is 2.29. The minimum atomic E-state index is 0.0547. The van der Waals surface area contributed by atoms with Crippen molar-refractivity contribution < 1.29 is 4.79 Å². The molecule has 0 radical (unpaired) electrons. The van der Waals surface area contributed by atoms with E-state index in [2.05, 4.69) is 39.0 Å². The van der Waals surface area contributed by atoms with Crippen LogP contribution in [0, 0.1) is 11.8 Å². The number of nitrogens with zero attached hydrogens (tertiary/aromatic N) is 3. The molecule has 1 saturated carbocycles. The number of imidazole rings is 1. The van der Waals surface area contributed by atoms with Gasteiger partial charge in [-0.3, -0.25) is 4.79 Å². The van der Waals surface area contributed by atoms with Gasteiger partial charge in [-0.1, -0.05) is 31.4 Å². The third kappa shape index (κ3) is 4.18. The van der Waals surface area contributed by atoms with E-state index in [9.17, 15) is 4.79 Å². The summed E-state index contributed by atoms with van der Waals surface area (Å²) in [5.74, 6) is 2.05. The molecule has 1 atom stereocenters. The van der Waals surface area contributed by atoms with E-state index < -0.39 is 0 Å². The van der Waals surface area contributed by atoms with Crippen molar-refractivity contribution in [1.29, 1.82) is 0 Å². The number of piperidine rings is 1. The van der Waals surface area contributed by atoms with E-state index in [0.717, 1.165) is 49.9 Å². The quantitative estimate of drug-likeness (QED) is 0.836. The lowest BCUT2D eigenvalue weighted by molar-refractivity contribution is -0.125. The van der Waals surface area contributed by atoms with Gasteiger partial charge in [-0.05, 0) is 57.6 Å². The smallest absolute Gasteiger partial charge is 0.225 e. The summed E-state index contributed by atoms with van der Waals surface area (Å²) in [6.07, 6.45) is 8.76. The summed E-state index contributed by atoms with van der Waals surface area (Å²) in [7, 11) is 0. The Hall–Kier alpha value is -2.04. The fourth-order valence-corrected chi connectivity index (χ4v) is 4.89. The number of rotatable bonds is 5. The highest BCUT2D eigenvalue weighted by molar-refractivity contribution is 5.81. The summed E-state index contributed by atoms with van der Waals surface area (Å²) in [5, 5.41) is 3.10. The van der Waals surface area contributed by atoms with Crippen LogP contribution in [0.15, 0.2) is 24.3 Å². The van der Waals surface area contributed by atoms with Crippen molar-refractivity contribution in [3.05, 3.63) is 24.3 Å². The van der Waals surface area contributed by atoms with Crippen LogP contribution in [0.4, 0.5) is 5.95 Å². The van der Waals surface area contributed by atoms with E-state index in [4.69, 9.17) is 4.98 Å². The van der Waals surface area contributed by atoms with Gasteiger partial charge in [0.15, 0.2) is 0 Å². The lowest BCUT2D eigenvalue weighted by Gasteiger charge is -2.34. The van der Waals surface area contributed by atoms with Crippen molar-refractivity contribution in [3.8, 4) is 0 Å². The Morgan fingerprint density at radius 3 is 2.71 bits per heavy atom. The number of fused-ring (bicyclic) bond motifs is 1. The van der Waals surface area contributed by atoms with Crippen LogP contribution in [-0.4, -0.2) is 34.6 Å². The first-order chi connectivity index (χ1) is 13.6. The van der Waals surface area contributed by atoms with Crippen LogP contribution >= 0.6 is 0 Å². The monoisotopic (exact) mass is 382 g/mol. The zero-order chi connectivity index (χ0) is 19.5. The predicted octanol–water partition coefficient (Wildman–Crippen LogP) is 4.36. The minimum absolute atomic E-state index is 0.0547. The summed E-state index contributed by atoms with van der Waals surface area (Å²) in [6.45, 7) is 6.87. The molecule has 2 aliphatic rings. The highest BCUT2D eigenvalue weighted by Crippen LogP contribution is 2.31. The molecular weight excluding hydrogens is 348 g/mol. The van der Waals surface area contributed by atoms with E-state index in [1.807, 2.05) is 13.8 Å². The fraction of sp³-hybridized carbons (Fsp3) is 0.652. The molecule has 1 amide bonds. The van der Waals surface area contributed by atoms with Gasteiger partial charge in [0, 0.05) is 25.7 Å². The summed E-state index contributed by atoms with van der Waals surface area (Å²) in [4.78, 5) is 20.0. The predicted molar refractivity (Wildman–Crippen MR) is 115 cm³/mol. The second kappa shape index (κ2) is 8.54. The number of anilines is 1. The molecule has 1 aromatic carbocycles. The van der Waals surface area contributed by atoms with Gasteiger partial charge < -0.3 is 14.8 Å². The largest absolute Gasteiger partial charge is 0.354 e. The Labute approximate surface area is 168 Å². The van der Waals surface area contributed by atoms with Crippen molar-refractivity contribution in [2.24, 2.45) is 11.8 Å². The SMILES string of the molecule is CC(C)NC(=O)[C@@H]1CCCN(c2nc3ccccc3n2CC2CCCCC2)C1. The van der Waals surface area contributed by atoms with E-state index in [0.29, 0.717) is 0 Å². The van der Waals surface area contributed by atoms with E-state index in [-0.39, 0.29) is 17.9 Å². The van der Waals surface area contributed by atoms with Crippen molar-refractivity contribution in [3.63, 3.8) is 0 Å². The van der Waals surface area contributed by atoms with Crippen LogP contribution < -0.4 is 10.2 Å². The first kappa shape index (κ1) is 19.3. The standard InChI is InChI=1S/C23H34N4O/c1-17(2)24-22(28)19-11-8-14-26(16-19)23-25-20-12-6-7-13-21(20)27(23)15-18-9-4-3-5-10-18/h6-7,12-13,17-19H,3-5,8-11,14-16H2,1-2H3,(H,24,28)/t19-/m1/s1. The summed E-state index contributed by atoms with van der Waals surface area (Å²) in [6, 6.07) is 8.68. The molecule has 2 heterocycles. The first-order valence-corrected chi connectivity index (χ1v) is 11.1. The molecule has 2 aromatic rings. The van der Waals surface area contributed by atoms with E-state index in [1.165, 1.54) is 37.6 Å². The third-order valence-corrected chi connectivity index (χ3v) is 6.31. The van der Waals surface area contributed by atoms with Crippen LogP contribution in [0.25, 0.3) is 11.0 Å². The van der Waals surface area contributed by atoms with Gasteiger partial charge in [-0.2, -0.15) is 0 Å². The van der Waals surface area contributed by atoms with Crippen LogP contribution in [0.1, 0.15) is 58.8 Å². The van der Waals surface area contributed by atoms with Gasteiger partial charge >= 0.3 is 0 Å². The molecule has 1 N–H and O–H groups in total. The summed E-state index contributed by atoms with van der Waals surface area (Å²) in [5.41, 5.74) is 2.30. The maximum Gasteiger partial charge on any atom is 0.225 e. The molecule has 1 saturated heterocycles. The molecule has 5 heteroatoms. The van der Waals surface area contributed by atoms with Crippen LogP contribution in [0.5, 0.6) is 0 Å². The molecule has 1 aliphatic carbocycles. The Morgan fingerprint density at radius 1 is 1.14 bits per heavy atom. The van der Waals surface area contributed by atoms with Gasteiger partial charge in [0.25, 0.3) is 0 Å². The molecule has 5 nitrogen and oxygen atoms in total. The second-order valence-electron chi connectivity index (χ2n) is 8.96. The van der Waals surface area contributed by atoms with Crippen LogP contribution in [0.3, 0.4) is 0 Å². The summed E-state index contributed by atoms with van der Waals surface area (Å²) >= 11 is 0. The fourth-order valence-electron chi connectivity index (χ4n) is 4.89. The van der Waals surface area contributed by atoms with Gasteiger partial charge in [0.2, 0.25) is 11.9 Å². The molecular formula is C23H34N4O. The van der Waals surface area contributed by atoms with Crippen molar-refractivity contribution in [2.45, 2.75) is 71.4 Å². The Morgan fingerprint density at radius 2 is 1.93 bits per heavy atom. The molecule has 0 unspecified atom stereocenters. The molecule has 1 aliphatic heterocycles. The Bertz CT molecular complexity index is 806. The van der Waals surface area contributed by atoms with E-state index >= 15 is 0 Å². The van der Waals surface area contributed by atoms with Crippen molar-refractivity contribution >= 4 is 22.9 Å². The van der Waals surface area contributed by atoms with Gasteiger partial charge in [0.1, 0.15) is 0 Å². The van der Waals surface area contributed by atoms with Gasteiger partial charge in [0.05, 0.1) is 17.0 Å². The Kier molecular flexibility index (Phi) is 5.88. The normalized spacial score (nSPS) is 21.4. The lowest BCUT2D eigenvalue weighted by atomic mass is 9.89. The van der Waals surface area contributed by atoms with Crippen LogP contribution in [-0.2, 0) is 11.3 Å². The number of amides is 1. The van der Waals surface area contributed by atoms with Crippen molar-refractivity contribution in [2.75, 3.05) is 18.0 Å². The van der Waals surface area contributed by atoms with Crippen LogP contribution in [0.2, 0.25) is 0 Å². The van der Waals surface area contributed by atoms with E-state index in [1.54, 1.807) is 0 Å². The maximum absolute atomic E-state index is 12.6. The molecule has 4 rings (SSSR count). The minimum Gasteiger partial charge on any atom is -0.354 e. The van der Waals surface area contributed by atoms with Gasteiger partial charge in [-0.15, -0.1) is 0 Å². The number of hydrogen-bond donors (Lipinski definition) is 1. The number of hydrogen-bond acceptors (Lipinski definition) is 3. The molecule has 1 aromatic heterocycles. The average molecular weight is 383 g/mol. The zero-order valence-corrected chi connectivity index (χ0v) is 17.4. The lowest BCUT2D eigenvalue weighted by Crippen LogP contribution is -2.45. The molecule has 28 heavy (non-hydrogen) atoms. The summed E-state index contributed by atoms with van der Waals surface area (Å²) < 4.78 is 2.44. The third-order valence-electron chi connectivity index (χ3n) is 6.31. The molecule has 152 valence electrons. The molecule has 0 spiro atoms. The molecule has 2 fully saturated rings. The number of carbonyl (C=O) groups excluding carboxylic acids is 1. The van der Waals surface area contributed by atoms with Crippen molar-refractivity contribution in [1.82, 2.24) is 14.9 Å². The topological polar surface area (TPSA) is 50.2 Å². The zero-order valence-electron chi connectivity index (χ0n) is 17.4.